The first kappa shape index (κ1) is 11.8. The number of halogens is 1. The van der Waals surface area contributed by atoms with Gasteiger partial charge in [0.25, 0.3) is 0 Å². The van der Waals surface area contributed by atoms with Gasteiger partial charge in [-0.3, -0.25) is 0 Å². The average Bonchev–Trinajstić information content (AvgIpc) is 2.19. The summed E-state index contributed by atoms with van der Waals surface area (Å²) in [5.74, 6) is 0.586. The second-order valence-corrected chi connectivity index (χ2v) is 3.87. The molecular formula is C13H17FO. The number of hydrogen-bond donors (Lipinski definition) is 0. The molecule has 1 atom stereocenters. The van der Waals surface area contributed by atoms with Gasteiger partial charge in [-0.1, -0.05) is 13.0 Å². The van der Waals surface area contributed by atoms with Gasteiger partial charge in [0.15, 0.2) is 0 Å². The minimum atomic E-state index is -0.241. The third kappa shape index (κ3) is 3.08. The topological polar surface area (TPSA) is 9.23 Å². The molecule has 0 aliphatic carbocycles. The first-order chi connectivity index (χ1) is 7.04. The number of ether oxygens (including phenoxy) is 1. The average molecular weight is 208 g/mol. The molecular weight excluding hydrogens is 191 g/mol. The van der Waals surface area contributed by atoms with E-state index in [1.54, 1.807) is 12.1 Å². The second kappa shape index (κ2) is 4.96. The van der Waals surface area contributed by atoms with Crippen LogP contribution >= 0.6 is 0 Å². The fourth-order valence-electron chi connectivity index (χ4n) is 1.36. The van der Waals surface area contributed by atoms with Crippen LogP contribution in [0.15, 0.2) is 30.9 Å². The molecule has 0 saturated heterocycles. The lowest BCUT2D eigenvalue weighted by Crippen LogP contribution is -2.08. The van der Waals surface area contributed by atoms with E-state index in [1.165, 1.54) is 12.1 Å². The van der Waals surface area contributed by atoms with Crippen LogP contribution in [0.1, 0.15) is 32.3 Å². The van der Waals surface area contributed by atoms with E-state index in [9.17, 15) is 4.39 Å². The van der Waals surface area contributed by atoms with Crippen LogP contribution in [0.3, 0.4) is 0 Å². The Morgan fingerprint density at radius 1 is 1.33 bits per heavy atom. The van der Waals surface area contributed by atoms with Gasteiger partial charge in [-0.25, -0.2) is 4.39 Å². The number of allylic oxidation sites excluding steroid dienone is 1. The highest BCUT2D eigenvalue weighted by Crippen LogP contribution is 2.28. The molecule has 0 saturated carbocycles. The van der Waals surface area contributed by atoms with Crippen molar-refractivity contribution in [3.05, 3.63) is 42.2 Å². The zero-order valence-electron chi connectivity index (χ0n) is 9.46. The first-order valence-corrected chi connectivity index (χ1v) is 5.13. The van der Waals surface area contributed by atoms with Crippen molar-refractivity contribution in [2.75, 3.05) is 0 Å². The van der Waals surface area contributed by atoms with Gasteiger partial charge in [-0.05, 0) is 32.0 Å². The molecule has 0 fully saturated rings. The lowest BCUT2D eigenvalue weighted by molar-refractivity contribution is 0.239. The molecule has 82 valence electrons. The Bertz CT molecular complexity index is 344. The maximum Gasteiger partial charge on any atom is 0.123 e. The molecule has 1 aromatic rings. The Labute approximate surface area is 90.6 Å². The van der Waals surface area contributed by atoms with Crippen molar-refractivity contribution in [2.24, 2.45) is 0 Å². The van der Waals surface area contributed by atoms with Crippen LogP contribution in [0.5, 0.6) is 5.75 Å². The summed E-state index contributed by atoms with van der Waals surface area (Å²) in [5, 5.41) is 0. The van der Waals surface area contributed by atoms with Crippen LogP contribution < -0.4 is 4.74 Å². The predicted molar refractivity (Wildman–Crippen MR) is 60.8 cm³/mol. The smallest absolute Gasteiger partial charge is 0.123 e. The van der Waals surface area contributed by atoms with Gasteiger partial charge in [0, 0.05) is 11.5 Å². The van der Waals surface area contributed by atoms with Crippen LogP contribution in [-0.2, 0) is 0 Å². The molecule has 1 aromatic carbocycles. The van der Waals surface area contributed by atoms with Crippen molar-refractivity contribution in [3.63, 3.8) is 0 Å². The fraction of sp³-hybridized carbons (Fsp3) is 0.385. The number of benzene rings is 1. The van der Waals surface area contributed by atoms with E-state index in [0.29, 0.717) is 0 Å². The van der Waals surface area contributed by atoms with Gasteiger partial charge in [0.1, 0.15) is 11.6 Å². The van der Waals surface area contributed by atoms with Gasteiger partial charge in [0.05, 0.1) is 6.10 Å². The SMILES string of the molecule is C=CC(C)c1cc(F)ccc1OC(C)C. The molecule has 2 heteroatoms. The van der Waals surface area contributed by atoms with Gasteiger partial charge in [-0.2, -0.15) is 0 Å². The fourth-order valence-corrected chi connectivity index (χ4v) is 1.36. The lowest BCUT2D eigenvalue weighted by atomic mass is 10.00. The molecule has 0 radical (unpaired) electrons. The highest BCUT2D eigenvalue weighted by molar-refractivity contribution is 5.38. The molecule has 0 bridgehead atoms. The number of hydrogen-bond acceptors (Lipinski definition) is 1. The Kier molecular flexibility index (Phi) is 3.89. The Morgan fingerprint density at radius 3 is 2.53 bits per heavy atom. The summed E-state index contributed by atoms with van der Waals surface area (Å²) in [6, 6.07) is 4.59. The summed E-state index contributed by atoms with van der Waals surface area (Å²) in [5.41, 5.74) is 0.846. The molecule has 0 amide bonds. The van der Waals surface area contributed by atoms with E-state index in [-0.39, 0.29) is 17.8 Å². The highest BCUT2D eigenvalue weighted by atomic mass is 19.1. The molecule has 0 N–H and O–H groups in total. The van der Waals surface area contributed by atoms with Crippen LogP contribution in [0, 0.1) is 5.82 Å². The number of rotatable bonds is 4. The molecule has 0 aliphatic heterocycles. The van der Waals surface area contributed by atoms with Crippen LogP contribution in [-0.4, -0.2) is 6.10 Å². The van der Waals surface area contributed by atoms with E-state index in [4.69, 9.17) is 4.74 Å². The monoisotopic (exact) mass is 208 g/mol. The van der Waals surface area contributed by atoms with Crippen molar-refractivity contribution < 1.29 is 9.13 Å². The first-order valence-electron chi connectivity index (χ1n) is 5.13. The minimum Gasteiger partial charge on any atom is -0.491 e. The van der Waals surface area contributed by atoms with E-state index in [0.717, 1.165) is 11.3 Å². The third-order valence-corrected chi connectivity index (χ3v) is 2.18. The molecule has 0 aliphatic rings. The van der Waals surface area contributed by atoms with Crippen molar-refractivity contribution in [1.29, 1.82) is 0 Å². The Balaban J connectivity index is 3.08. The van der Waals surface area contributed by atoms with Crippen LogP contribution in [0.4, 0.5) is 4.39 Å². The van der Waals surface area contributed by atoms with Gasteiger partial charge >= 0.3 is 0 Å². The molecule has 0 heterocycles. The summed E-state index contributed by atoms with van der Waals surface area (Å²) < 4.78 is 18.7. The predicted octanol–water partition coefficient (Wildman–Crippen LogP) is 3.90. The quantitative estimate of drug-likeness (QED) is 0.682. The summed E-state index contributed by atoms with van der Waals surface area (Å²) in [7, 11) is 0. The van der Waals surface area contributed by atoms with E-state index >= 15 is 0 Å². The van der Waals surface area contributed by atoms with E-state index in [1.807, 2.05) is 20.8 Å². The molecule has 1 nitrogen and oxygen atoms in total. The molecule has 1 rings (SSSR count). The van der Waals surface area contributed by atoms with Crippen molar-refractivity contribution in [2.45, 2.75) is 32.8 Å². The molecule has 0 spiro atoms. The standard InChI is InChI=1S/C13H17FO/c1-5-10(4)12-8-11(14)6-7-13(12)15-9(2)3/h5-10H,1H2,2-4H3. The van der Waals surface area contributed by atoms with E-state index < -0.39 is 0 Å². The van der Waals surface area contributed by atoms with Crippen molar-refractivity contribution in [3.8, 4) is 5.75 Å². The summed E-state index contributed by atoms with van der Waals surface area (Å²) in [6.07, 6.45) is 1.87. The van der Waals surface area contributed by atoms with Gasteiger partial charge in [-0.15, -0.1) is 6.58 Å². The highest BCUT2D eigenvalue weighted by Gasteiger charge is 2.11. The van der Waals surface area contributed by atoms with E-state index in [2.05, 4.69) is 6.58 Å². The second-order valence-electron chi connectivity index (χ2n) is 3.87. The minimum absolute atomic E-state index is 0.0891. The summed E-state index contributed by atoms with van der Waals surface area (Å²) in [6.45, 7) is 9.58. The lowest BCUT2D eigenvalue weighted by Gasteiger charge is -2.16. The Morgan fingerprint density at radius 2 is 2.00 bits per heavy atom. The van der Waals surface area contributed by atoms with Gasteiger partial charge in [0.2, 0.25) is 0 Å². The third-order valence-electron chi connectivity index (χ3n) is 2.18. The van der Waals surface area contributed by atoms with Gasteiger partial charge < -0.3 is 4.74 Å². The normalized spacial score (nSPS) is 12.6. The Hall–Kier alpha value is -1.31. The maximum atomic E-state index is 13.1. The van der Waals surface area contributed by atoms with Crippen molar-refractivity contribution in [1.82, 2.24) is 0 Å². The molecule has 15 heavy (non-hydrogen) atoms. The zero-order chi connectivity index (χ0) is 11.4. The maximum absolute atomic E-state index is 13.1. The van der Waals surface area contributed by atoms with Crippen molar-refractivity contribution >= 4 is 0 Å². The summed E-state index contributed by atoms with van der Waals surface area (Å²) in [4.78, 5) is 0. The molecule has 0 aromatic heterocycles. The zero-order valence-corrected chi connectivity index (χ0v) is 9.46. The molecule has 1 unspecified atom stereocenters. The largest absolute Gasteiger partial charge is 0.491 e. The van der Waals surface area contributed by atoms with Crippen LogP contribution in [0.25, 0.3) is 0 Å². The van der Waals surface area contributed by atoms with Crippen LogP contribution in [0.2, 0.25) is 0 Å². The summed E-state index contributed by atoms with van der Waals surface area (Å²) >= 11 is 0.